The second kappa shape index (κ2) is 8.70. The molecule has 2 aromatic heterocycles. The van der Waals surface area contributed by atoms with Gasteiger partial charge in [-0.1, -0.05) is 26.0 Å². The molecule has 3 aromatic rings. The second-order valence-corrected chi connectivity index (χ2v) is 8.86. The summed E-state index contributed by atoms with van der Waals surface area (Å²) in [5, 5.41) is 12.8. The molecule has 0 amide bonds. The first-order valence-corrected chi connectivity index (χ1v) is 10.6. The van der Waals surface area contributed by atoms with Crippen molar-refractivity contribution in [2.24, 2.45) is 5.41 Å². The van der Waals surface area contributed by atoms with Crippen LogP contribution in [0.2, 0.25) is 0 Å². The van der Waals surface area contributed by atoms with Crippen LogP contribution < -0.4 is 5.32 Å². The summed E-state index contributed by atoms with van der Waals surface area (Å²) in [4.78, 5) is 12.3. The van der Waals surface area contributed by atoms with Gasteiger partial charge in [0.2, 0.25) is 0 Å². The van der Waals surface area contributed by atoms with Gasteiger partial charge in [0.05, 0.1) is 6.10 Å². The first kappa shape index (κ1) is 23.1. The number of alkyl halides is 3. The Morgan fingerprint density at radius 3 is 2.45 bits per heavy atom. The first-order valence-electron chi connectivity index (χ1n) is 10.6. The number of aryl methyl sites for hydroxylation is 2. The molecule has 0 unspecified atom stereocenters. The third-order valence-corrected chi connectivity index (χ3v) is 6.35. The highest BCUT2D eigenvalue weighted by molar-refractivity contribution is 5.66. The van der Waals surface area contributed by atoms with E-state index < -0.39 is 23.3 Å². The van der Waals surface area contributed by atoms with Crippen molar-refractivity contribution in [2.75, 3.05) is 5.32 Å². The van der Waals surface area contributed by atoms with Gasteiger partial charge in [0.1, 0.15) is 23.0 Å². The molecule has 2 heterocycles. The predicted octanol–water partition coefficient (Wildman–Crippen LogP) is 5.05. The quantitative estimate of drug-likeness (QED) is 0.504. The summed E-state index contributed by atoms with van der Waals surface area (Å²) < 4.78 is 53.9. The molecule has 174 valence electrons. The van der Waals surface area contributed by atoms with Crippen molar-refractivity contribution in [3.8, 4) is 11.1 Å². The SMILES string of the molecule is CC1(C)[C@H](O)C[C@@H]1Nc1nc(CCc2cnccc2-c2ccc(F)cc2)ncc1C(F)(F)F. The fourth-order valence-electron chi connectivity index (χ4n) is 3.95. The molecular weight excluding hydrogens is 436 g/mol. The van der Waals surface area contributed by atoms with Gasteiger partial charge in [0.25, 0.3) is 0 Å². The molecule has 2 N–H and O–H groups in total. The highest BCUT2D eigenvalue weighted by atomic mass is 19.4. The molecule has 5 nitrogen and oxygen atoms in total. The van der Waals surface area contributed by atoms with Crippen LogP contribution in [0.3, 0.4) is 0 Å². The molecular formula is C24H24F4N4O. The topological polar surface area (TPSA) is 70.9 Å². The largest absolute Gasteiger partial charge is 0.421 e. The van der Waals surface area contributed by atoms with Crippen molar-refractivity contribution in [1.82, 2.24) is 15.0 Å². The van der Waals surface area contributed by atoms with E-state index >= 15 is 0 Å². The van der Waals surface area contributed by atoms with Gasteiger partial charge >= 0.3 is 6.18 Å². The lowest BCUT2D eigenvalue weighted by molar-refractivity contribution is -0.137. The summed E-state index contributed by atoms with van der Waals surface area (Å²) in [6, 6.07) is 7.55. The van der Waals surface area contributed by atoms with E-state index in [0.717, 1.165) is 22.9 Å². The first-order chi connectivity index (χ1) is 15.6. The molecule has 0 aliphatic heterocycles. The lowest BCUT2D eigenvalue weighted by Gasteiger charge is -2.49. The molecule has 2 atom stereocenters. The Kier molecular flexibility index (Phi) is 6.09. The van der Waals surface area contributed by atoms with Gasteiger partial charge in [0.15, 0.2) is 0 Å². The van der Waals surface area contributed by atoms with Crippen LogP contribution in [0.25, 0.3) is 11.1 Å². The molecule has 0 saturated heterocycles. The van der Waals surface area contributed by atoms with Gasteiger partial charge in [-0.25, -0.2) is 14.4 Å². The Morgan fingerprint density at radius 1 is 1.09 bits per heavy atom. The Labute approximate surface area is 188 Å². The van der Waals surface area contributed by atoms with Crippen LogP contribution in [0.1, 0.15) is 37.2 Å². The summed E-state index contributed by atoms with van der Waals surface area (Å²) in [7, 11) is 0. The molecule has 0 radical (unpaired) electrons. The zero-order chi connectivity index (χ0) is 23.8. The molecule has 1 fully saturated rings. The maximum atomic E-state index is 13.5. The molecule has 1 aliphatic carbocycles. The lowest BCUT2D eigenvalue weighted by Crippen LogP contribution is -2.57. The Hall–Kier alpha value is -3.07. The average Bonchev–Trinajstić information content (AvgIpc) is 2.77. The van der Waals surface area contributed by atoms with Gasteiger partial charge in [-0.15, -0.1) is 0 Å². The van der Waals surface area contributed by atoms with Gasteiger partial charge in [-0.05, 0) is 47.7 Å². The van der Waals surface area contributed by atoms with Crippen LogP contribution in [0.5, 0.6) is 0 Å². The van der Waals surface area contributed by atoms with Gasteiger partial charge in [-0.3, -0.25) is 4.98 Å². The third kappa shape index (κ3) is 4.83. The van der Waals surface area contributed by atoms with E-state index in [1.807, 2.05) is 6.07 Å². The predicted molar refractivity (Wildman–Crippen MR) is 116 cm³/mol. The lowest BCUT2D eigenvalue weighted by atomic mass is 9.64. The fraction of sp³-hybridized carbons (Fsp3) is 0.375. The minimum absolute atomic E-state index is 0.261. The number of halogens is 4. The second-order valence-electron chi connectivity index (χ2n) is 8.86. The molecule has 0 spiro atoms. The van der Waals surface area contributed by atoms with Gasteiger partial charge < -0.3 is 10.4 Å². The number of aliphatic hydroxyl groups is 1. The maximum Gasteiger partial charge on any atom is 0.421 e. The molecule has 1 saturated carbocycles. The maximum absolute atomic E-state index is 13.5. The number of hydrogen-bond acceptors (Lipinski definition) is 5. The number of rotatable bonds is 6. The van der Waals surface area contributed by atoms with E-state index in [4.69, 9.17) is 0 Å². The van der Waals surface area contributed by atoms with Crippen LogP contribution >= 0.6 is 0 Å². The number of benzene rings is 1. The van der Waals surface area contributed by atoms with Crippen LogP contribution in [0.15, 0.2) is 48.9 Å². The van der Waals surface area contributed by atoms with Crippen molar-refractivity contribution >= 4 is 5.82 Å². The Balaban J connectivity index is 1.57. The zero-order valence-corrected chi connectivity index (χ0v) is 18.2. The molecule has 1 aliphatic rings. The Bertz CT molecular complexity index is 1130. The number of aromatic nitrogens is 3. The van der Waals surface area contributed by atoms with E-state index in [1.54, 1.807) is 38.4 Å². The Morgan fingerprint density at radius 2 is 1.82 bits per heavy atom. The molecule has 4 rings (SSSR count). The van der Waals surface area contributed by atoms with E-state index in [-0.39, 0.29) is 23.5 Å². The number of nitrogens with zero attached hydrogens (tertiary/aromatic N) is 3. The van der Waals surface area contributed by atoms with Gasteiger partial charge in [0, 0.05) is 36.5 Å². The average molecular weight is 460 g/mol. The molecule has 1 aromatic carbocycles. The summed E-state index contributed by atoms with van der Waals surface area (Å²) in [5.41, 5.74) is 1.03. The number of hydrogen-bond donors (Lipinski definition) is 2. The fourth-order valence-corrected chi connectivity index (χ4v) is 3.95. The van der Waals surface area contributed by atoms with Crippen molar-refractivity contribution < 1.29 is 22.7 Å². The number of nitrogens with one attached hydrogen (secondary N) is 1. The minimum Gasteiger partial charge on any atom is -0.392 e. The number of anilines is 1. The van der Waals surface area contributed by atoms with Crippen LogP contribution in [0.4, 0.5) is 23.4 Å². The van der Waals surface area contributed by atoms with E-state index in [0.29, 0.717) is 19.3 Å². The summed E-state index contributed by atoms with van der Waals surface area (Å²) in [6.45, 7) is 3.60. The van der Waals surface area contributed by atoms with E-state index in [1.165, 1.54) is 12.1 Å². The van der Waals surface area contributed by atoms with E-state index in [2.05, 4.69) is 20.3 Å². The highest BCUT2D eigenvalue weighted by Crippen LogP contribution is 2.43. The minimum atomic E-state index is -4.60. The summed E-state index contributed by atoms with van der Waals surface area (Å²) >= 11 is 0. The van der Waals surface area contributed by atoms with Crippen molar-refractivity contribution in [1.29, 1.82) is 0 Å². The number of pyridine rings is 1. The van der Waals surface area contributed by atoms with E-state index in [9.17, 15) is 22.7 Å². The van der Waals surface area contributed by atoms with Crippen LogP contribution in [-0.4, -0.2) is 32.2 Å². The van der Waals surface area contributed by atoms with Crippen molar-refractivity contribution in [3.05, 3.63) is 71.7 Å². The molecule has 9 heteroatoms. The monoisotopic (exact) mass is 460 g/mol. The zero-order valence-electron chi connectivity index (χ0n) is 18.2. The molecule has 33 heavy (non-hydrogen) atoms. The standard InChI is InChI=1S/C24H24F4N4O/c1-23(2)19(11-20(23)33)31-22-18(24(26,27)28)13-30-21(32-22)8-5-15-12-29-10-9-17(15)14-3-6-16(25)7-4-14/h3-4,6-7,9-10,12-13,19-20,33H,5,8,11H2,1-2H3,(H,30,31,32)/t19-,20+/m0/s1. The smallest absolute Gasteiger partial charge is 0.392 e. The normalized spacial score (nSPS) is 19.7. The summed E-state index contributed by atoms with van der Waals surface area (Å²) in [5.74, 6) is -0.353. The van der Waals surface area contributed by atoms with Crippen LogP contribution in [-0.2, 0) is 19.0 Å². The van der Waals surface area contributed by atoms with Gasteiger partial charge in [-0.2, -0.15) is 13.2 Å². The number of aliphatic hydroxyl groups excluding tert-OH is 1. The summed E-state index contributed by atoms with van der Waals surface area (Å²) in [6.07, 6.45) is 0.0148. The highest BCUT2D eigenvalue weighted by Gasteiger charge is 2.48. The van der Waals surface area contributed by atoms with Crippen molar-refractivity contribution in [2.45, 2.75) is 51.4 Å². The van der Waals surface area contributed by atoms with Crippen LogP contribution in [0, 0.1) is 11.2 Å². The van der Waals surface area contributed by atoms with Crippen molar-refractivity contribution in [3.63, 3.8) is 0 Å². The third-order valence-electron chi connectivity index (χ3n) is 6.35. The molecule has 0 bridgehead atoms.